The number of hydrogen-bond donors (Lipinski definition) is 8. The monoisotopic (exact) mass is 892 g/mol. The summed E-state index contributed by atoms with van der Waals surface area (Å²) in [5.41, 5.74) is 1.96. The highest BCUT2D eigenvalue weighted by molar-refractivity contribution is 7.86. The van der Waals surface area contributed by atoms with Crippen molar-refractivity contribution in [3.8, 4) is 0 Å². The fraction of sp³-hybridized carbons (Fsp3) is 0.0556. The number of carbonyl (C=O) groups is 2. The van der Waals surface area contributed by atoms with E-state index in [-0.39, 0.29) is 68.7 Å². The van der Waals surface area contributed by atoms with E-state index >= 15 is 0 Å². The quantitative estimate of drug-likeness (QED) is 0.0479. The van der Waals surface area contributed by atoms with Gasteiger partial charge in [-0.3, -0.25) is 18.7 Å². The third kappa shape index (κ3) is 11.0. The number of anilines is 8. The van der Waals surface area contributed by atoms with Crippen LogP contribution in [0, 0.1) is 0 Å². The maximum atomic E-state index is 12.5. The molecule has 6 aromatic rings. The number of amides is 2. The van der Waals surface area contributed by atoms with Crippen LogP contribution in [0.5, 0.6) is 0 Å². The van der Waals surface area contributed by atoms with Crippen LogP contribution in [-0.2, 0) is 20.2 Å². The van der Waals surface area contributed by atoms with Gasteiger partial charge in [-0.05, 0) is 107 Å². The molecule has 0 spiro atoms. The van der Waals surface area contributed by atoms with Crippen LogP contribution in [0.3, 0.4) is 0 Å². The number of nitrogens with zero attached hydrogens (tertiary/aromatic N) is 6. The zero-order valence-corrected chi connectivity index (χ0v) is 34.0. The maximum absolute atomic E-state index is 12.5. The van der Waals surface area contributed by atoms with E-state index < -0.39 is 30.0 Å². The van der Waals surface area contributed by atoms with Gasteiger partial charge in [-0.1, -0.05) is 24.3 Å². The van der Waals surface area contributed by atoms with Gasteiger partial charge in [-0.15, -0.1) is 0 Å². The third-order valence-electron chi connectivity index (χ3n) is 8.01. The molecular weight excluding hydrogens is 864 g/mol. The molecule has 24 heteroatoms. The predicted molar refractivity (Wildman–Crippen MR) is 224 cm³/mol. The van der Waals surface area contributed by atoms with Crippen LogP contribution in [-0.4, -0.2) is 81.8 Å². The molecule has 6 rings (SSSR count). The van der Waals surface area contributed by atoms with Gasteiger partial charge in [0, 0.05) is 48.0 Å². The zero-order chi connectivity index (χ0) is 43.2. The van der Waals surface area contributed by atoms with E-state index in [9.17, 15) is 35.5 Å². The number of nitrogens with one attached hydrogen (secondary N) is 6. The van der Waals surface area contributed by atoms with Crippen molar-refractivity contribution < 1.29 is 35.5 Å². The van der Waals surface area contributed by atoms with Gasteiger partial charge >= 0.3 is 0 Å². The molecule has 2 heterocycles. The Morgan fingerprint density at radius 3 is 1.10 bits per heavy atom. The molecule has 2 aromatic heterocycles. The summed E-state index contributed by atoms with van der Waals surface area (Å²) in [4.78, 5) is 47.1. The van der Waals surface area contributed by atoms with E-state index in [0.29, 0.717) is 22.5 Å². The molecule has 0 aliphatic carbocycles. The Bertz CT molecular complexity index is 2680. The second-order valence-corrected chi connectivity index (χ2v) is 15.6. The van der Waals surface area contributed by atoms with Crippen LogP contribution in [0.2, 0.25) is 10.6 Å². The molecule has 60 heavy (non-hydrogen) atoms. The standard InChI is InChI=1S/C36H30Cl2N12O8S2/c1-39-29(51)21-7-11-23(12-8-21)41-33-45-31(37)47-35(49-33)43-25-15-5-19(27(17-25)59(53,54)55)3-4-20-6-16-26(18-28(20)60(56,57)58)44-36-48-32(38)46-34(50-36)42-24-13-9-22(10-14-24)30(52)40-2/h3-18H,1-2H3,(H,39,51)(H,40,52)(H,53,54,55)(H,56,57,58)(H2,41,43,45,47,49)(H2,42,44,46,48,50)/b4-3+. The molecule has 0 saturated carbocycles. The van der Waals surface area contributed by atoms with Crippen molar-refractivity contribution in [2.75, 3.05) is 35.4 Å². The Hall–Kier alpha value is -6.82. The summed E-state index contributed by atoms with van der Waals surface area (Å²) >= 11 is 12.2. The average Bonchev–Trinajstić information content (AvgIpc) is 3.19. The highest BCUT2D eigenvalue weighted by atomic mass is 35.5. The molecule has 8 N–H and O–H groups in total. The lowest BCUT2D eigenvalue weighted by Crippen LogP contribution is -2.17. The third-order valence-corrected chi connectivity index (χ3v) is 10.2. The van der Waals surface area contributed by atoms with Crippen molar-refractivity contribution in [3.05, 3.63) is 118 Å². The summed E-state index contributed by atoms with van der Waals surface area (Å²) in [5, 5.41) is 16.1. The Balaban J connectivity index is 1.21. The normalized spacial score (nSPS) is 11.5. The van der Waals surface area contributed by atoms with Crippen molar-refractivity contribution in [1.82, 2.24) is 40.5 Å². The first-order chi connectivity index (χ1) is 28.5. The van der Waals surface area contributed by atoms with E-state index in [0.717, 1.165) is 12.1 Å². The van der Waals surface area contributed by atoms with Crippen LogP contribution in [0.25, 0.3) is 12.2 Å². The Labute approximate surface area is 351 Å². The highest BCUT2D eigenvalue weighted by Crippen LogP contribution is 2.29. The molecule has 0 aliphatic rings. The molecular formula is C36H30Cl2N12O8S2. The second-order valence-electron chi connectivity index (χ2n) is 12.1. The molecule has 20 nitrogen and oxygen atoms in total. The van der Waals surface area contributed by atoms with Crippen LogP contribution in [0.1, 0.15) is 31.8 Å². The van der Waals surface area contributed by atoms with Gasteiger partial charge in [-0.2, -0.15) is 46.7 Å². The van der Waals surface area contributed by atoms with E-state index in [1.807, 2.05) is 0 Å². The number of halogens is 2. The minimum atomic E-state index is -4.87. The lowest BCUT2D eigenvalue weighted by Gasteiger charge is -2.11. The molecule has 0 unspecified atom stereocenters. The number of benzene rings is 4. The summed E-state index contributed by atoms with van der Waals surface area (Å²) < 4.78 is 70.3. The smallest absolute Gasteiger partial charge is 0.295 e. The summed E-state index contributed by atoms with van der Waals surface area (Å²) in [6.45, 7) is 0. The van der Waals surface area contributed by atoms with E-state index in [1.54, 1.807) is 48.5 Å². The summed E-state index contributed by atoms with van der Waals surface area (Å²) in [7, 11) is -6.73. The Kier molecular flexibility index (Phi) is 12.8. The largest absolute Gasteiger partial charge is 0.355 e. The number of carbonyl (C=O) groups excluding carboxylic acids is 2. The molecule has 0 radical (unpaired) electrons. The summed E-state index contributed by atoms with van der Waals surface area (Å²) in [5.74, 6) is -0.723. The molecule has 0 saturated heterocycles. The van der Waals surface area contributed by atoms with Crippen molar-refractivity contribution in [2.24, 2.45) is 0 Å². The Morgan fingerprint density at radius 2 is 0.800 bits per heavy atom. The van der Waals surface area contributed by atoms with Crippen LogP contribution in [0.4, 0.5) is 46.5 Å². The number of hydrogen-bond acceptors (Lipinski definition) is 16. The fourth-order valence-electron chi connectivity index (χ4n) is 5.26. The van der Waals surface area contributed by atoms with Crippen molar-refractivity contribution in [2.45, 2.75) is 9.79 Å². The lowest BCUT2D eigenvalue weighted by atomic mass is 10.1. The molecule has 308 valence electrons. The molecule has 2 amide bonds. The van der Waals surface area contributed by atoms with Gasteiger partial charge in [0.25, 0.3) is 32.1 Å². The van der Waals surface area contributed by atoms with Crippen molar-refractivity contribution in [1.29, 1.82) is 0 Å². The number of aromatic nitrogens is 6. The van der Waals surface area contributed by atoms with E-state index in [1.165, 1.54) is 50.5 Å². The van der Waals surface area contributed by atoms with Gasteiger partial charge in [0.2, 0.25) is 34.4 Å². The van der Waals surface area contributed by atoms with Gasteiger partial charge in [-0.25, -0.2) is 0 Å². The maximum Gasteiger partial charge on any atom is 0.295 e. The SMILES string of the molecule is CNC(=O)c1ccc(Nc2nc(Cl)nc(Nc3ccc(/C=C/c4ccc(Nc5nc(Cl)nc(Nc6ccc(C(=O)NC)cc6)n5)cc4S(=O)(=O)O)c(S(=O)(=O)O)c3)n2)cc1. The Morgan fingerprint density at radius 1 is 0.500 bits per heavy atom. The second kappa shape index (κ2) is 18.0. The minimum absolute atomic E-state index is 0.0111. The fourth-order valence-corrected chi connectivity index (χ4v) is 7.00. The molecule has 0 fully saturated rings. The molecule has 0 atom stereocenters. The number of rotatable bonds is 14. The highest BCUT2D eigenvalue weighted by Gasteiger charge is 2.19. The predicted octanol–water partition coefficient (Wildman–Crippen LogP) is 5.72. The van der Waals surface area contributed by atoms with Gasteiger partial charge in [0.1, 0.15) is 9.79 Å². The van der Waals surface area contributed by atoms with E-state index in [4.69, 9.17) is 23.2 Å². The zero-order valence-electron chi connectivity index (χ0n) is 30.8. The van der Waals surface area contributed by atoms with Crippen LogP contribution >= 0.6 is 23.2 Å². The van der Waals surface area contributed by atoms with Crippen LogP contribution < -0.4 is 31.9 Å². The first-order valence-electron chi connectivity index (χ1n) is 16.9. The van der Waals surface area contributed by atoms with Gasteiger partial charge in [0.15, 0.2) is 0 Å². The van der Waals surface area contributed by atoms with Gasteiger partial charge in [0.05, 0.1) is 0 Å². The van der Waals surface area contributed by atoms with Gasteiger partial charge < -0.3 is 31.9 Å². The lowest BCUT2D eigenvalue weighted by molar-refractivity contribution is 0.0955. The average molecular weight is 894 g/mol. The molecule has 4 aromatic carbocycles. The molecule has 0 bridgehead atoms. The summed E-state index contributed by atoms with van der Waals surface area (Å²) in [6.07, 6.45) is 2.43. The minimum Gasteiger partial charge on any atom is -0.355 e. The van der Waals surface area contributed by atoms with Crippen molar-refractivity contribution >= 4 is 114 Å². The summed E-state index contributed by atoms with van der Waals surface area (Å²) in [6, 6.07) is 20.4. The molecule has 0 aliphatic heterocycles. The first-order valence-corrected chi connectivity index (χ1v) is 20.6. The van der Waals surface area contributed by atoms with E-state index in [2.05, 4.69) is 61.8 Å². The van der Waals surface area contributed by atoms with Crippen molar-refractivity contribution in [3.63, 3.8) is 0 Å². The first kappa shape index (κ1) is 42.8. The topological polar surface area (TPSA) is 292 Å². The van der Waals surface area contributed by atoms with Crippen LogP contribution in [0.15, 0.2) is 94.7 Å².